The topological polar surface area (TPSA) is 221 Å². The van der Waals surface area contributed by atoms with E-state index in [0.717, 1.165) is 31.0 Å². The smallest absolute Gasteiger partial charge is 0.493 e. The molecule has 4 aromatic carbocycles. The van der Waals surface area contributed by atoms with E-state index in [0.29, 0.717) is 65.9 Å². The fraction of sp³-hybridized carbons (Fsp3) is 0.340. The van der Waals surface area contributed by atoms with Crippen molar-refractivity contribution in [1.82, 2.24) is 34.6 Å². The van der Waals surface area contributed by atoms with E-state index in [1.165, 1.54) is 55.1 Å². The lowest BCUT2D eigenvalue weighted by Gasteiger charge is -2.54. The first-order chi connectivity index (χ1) is 36.3. The van der Waals surface area contributed by atoms with E-state index in [1.54, 1.807) is 35.2 Å². The molecule has 4 aliphatic heterocycles. The number of halogens is 4. The normalized spacial score (nSPS) is 17.1. The number of imide groups is 1. The molecule has 0 bridgehead atoms. The standard InChI is InChI=1S/C53H48F4N8O11/c1-28-45(46(68)35-21-32(76-53(55,56)57)8-10-38(35)62(28)2)48(70)60-31-7-12-40(36(54)20-31)75-49-34-22-41(73-3)42(23-37(34)58-27-59-49)74-18-4-5-44(67)64-25-52(26-64)14-16-63(17-15-52)50(71)29-6-9-33-30(19-29)24-65(51(33)72)39-11-13-43(66)61-47(39)69/h6-10,12,19-23,27,39H,4-5,11,13-18,24-26H2,1-3H3,(H,60,70)(H,61,66,69). The summed E-state index contributed by atoms with van der Waals surface area (Å²) < 4.78 is 77.3. The number of fused-ring (bicyclic) bond motifs is 3. The number of likely N-dealkylation sites (tertiary alicyclic amines) is 2. The van der Waals surface area contributed by atoms with Crippen molar-refractivity contribution in [2.75, 3.05) is 45.2 Å². The Bertz CT molecular complexity index is 3480. The van der Waals surface area contributed by atoms with Crippen LogP contribution in [0.25, 0.3) is 21.8 Å². The largest absolute Gasteiger partial charge is 0.573 e. The van der Waals surface area contributed by atoms with Crippen molar-refractivity contribution >= 4 is 62.9 Å². The minimum Gasteiger partial charge on any atom is -0.493 e. The molecule has 6 aromatic rings. The van der Waals surface area contributed by atoms with Crippen LogP contribution in [0.2, 0.25) is 0 Å². The van der Waals surface area contributed by atoms with Gasteiger partial charge >= 0.3 is 6.36 Å². The van der Waals surface area contributed by atoms with Gasteiger partial charge in [-0.15, -0.1) is 13.2 Å². The summed E-state index contributed by atoms with van der Waals surface area (Å²) in [6.07, 6.45) is -1.29. The van der Waals surface area contributed by atoms with Gasteiger partial charge in [-0.3, -0.25) is 38.9 Å². The number of pyridine rings is 1. The maximum atomic E-state index is 15.6. The van der Waals surface area contributed by atoms with Gasteiger partial charge in [0.15, 0.2) is 23.1 Å². The number of nitrogens with zero attached hydrogens (tertiary/aromatic N) is 6. The first-order valence-corrected chi connectivity index (χ1v) is 24.3. The number of carbonyl (C=O) groups is 6. The molecular weight excluding hydrogens is 1000 g/mol. The van der Waals surface area contributed by atoms with Crippen LogP contribution in [0.15, 0.2) is 77.9 Å². The van der Waals surface area contributed by atoms with Gasteiger partial charge in [-0.2, -0.15) is 0 Å². The number of carbonyl (C=O) groups excluding carboxylic acids is 6. The molecule has 1 atom stereocenters. The van der Waals surface area contributed by atoms with Crippen LogP contribution >= 0.6 is 0 Å². The molecule has 1 spiro atoms. The number of aromatic nitrogens is 3. The van der Waals surface area contributed by atoms with E-state index < -0.39 is 41.2 Å². The maximum absolute atomic E-state index is 15.6. The van der Waals surface area contributed by atoms with Gasteiger partial charge < -0.3 is 43.5 Å². The zero-order valence-corrected chi connectivity index (χ0v) is 41.2. The zero-order valence-electron chi connectivity index (χ0n) is 41.2. The Hall–Kier alpha value is -8.63. The van der Waals surface area contributed by atoms with Crippen LogP contribution in [0.1, 0.15) is 80.9 Å². The molecule has 3 fully saturated rings. The van der Waals surface area contributed by atoms with Crippen molar-refractivity contribution in [1.29, 1.82) is 0 Å². The van der Waals surface area contributed by atoms with Gasteiger partial charge in [0.25, 0.3) is 17.7 Å². The number of benzene rings is 4. The first-order valence-electron chi connectivity index (χ1n) is 24.3. The summed E-state index contributed by atoms with van der Waals surface area (Å²) in [5, 5.41) is 4.92. The summed E-state index contributed by atoms with van der Waals surface area (Å²) in [6, 6.07) is 14.2. The Balaban J connectivity index is 0.701. The fourth-order valence-electron chi connectivity index (χ4n) is 10.3. The number of rotatable bonds is 13. The molecule has 6 heterocycles. The SMILES string of the molecule is COc1cc2c(Oc3ccc(NC(=O)c4c(C)n(C)c5ccc(OC(F)(F)F)cc5c4=O)cc3F)ncnc2cc1OCCCC(=O)N1CC2(CCN(C(=O)c3ccc4c(c3)CN(C3CCC(=O)NC3=O)C4=O)CC2)C1. The fourth-order valence-corrected chi connectivity index (χ4v) is 10.3. The lowest BCUT2D eigenvalue weighted by atomic mass is 9.71. The number of anilines is 1. The molecule has 6 amide bonds. The predicted molar refractivity (Wildman–Crippen MR) is 262 cm³/mol. The summed E-state index contributed by atoms with van der Waals surface area (Å²) >= 11 is 0. The van der Waals surface area contributed by atoms with E-state index in [4.69, 9.17) is 14.2 Å². The molecule has 4 aliphatic rings. The van der Waals surface area contributed by atoms with Crippen molar-refractivity contribution in [2.45, 2.75) is 64.4 Å². The Labute approximate surface area is 429 Å². The highest BCUT2D eigenvalue weighted by atomic mass is 19.4. The Morgan fingerprint density at radius 1 is 0.895 bits per heavy atom. The number of alkyl halides is 3. The van der Waals surface area contributed by atoms with Crippen LogP contribution in [0, 0.1) is 18.2 Å². The van der Waals surface area contributed by atoms with E-state index >= 15 is 4.39 Å². The number of hydrogen-bond acceptors (Lipinski definition) is 13. The summed E-state index contributed by atoms with van der Waals surface area (Å²) in [5.41, 5.74) is 1.04. The number of methoxy groups -OCH3 is 1. The summed E-state index contributed by atoms with van der Waals surface area (Å²) in [7, 11) is 2.97. The average Bonchev–Trinajstić information content (AvgIpc) is 3.76. The summed E-state index contributed by atoms with van der Waals surface area (Å²) in [4.78, 5) is 105. The van der Waals surface area contributed by atoms with Crippen LogP contribution in [-0.4, -0.2) is 117 Å². The number of aryl methyl sites for hydroxylation is 1. The average molecular weight is 1050 g/mol. The van der Waals surface area contributed by atoms with Gasteiger partial charge in [0.2, 0.25) is 29.0 Å². The van der Waals surface area contributed by atoms with Crippen LogP contribution in [-0.2, 0) is 28.0 Å². The zero-order chi connectivity index (χ0) is 53.8. The van der Waals surface area contributed by atoms with Crippen molar-refractivity contribution in [3.63, 3.8) is 0 Å². The minimum absolute atomic E-state index is 0.0137. The van der Waals surface area contributed by atoms with Crippen molar-refractivity contribution in [3.8, 4) is 28.9 Å². The molecule has 0 aliphatic carbocycles. The molecule has 10 rings (SSSR count). The Kier molecular flexibility index (Phi) is 13.3. The molecular formula is C53H48F4N8O11. The van der Waals surface area contributed by atoms with E-state index in [2.05, 4.69) is 25.3 Å². The quantitative estimate of drug-likeness (QED) is 0.0712. The summed E-state index contributed by atoms with van der Waals surface area (Å²) in [5.74, 6) is -3.50. The van der Waals surface area contributed by atoms with Gasteiger partial charge in [0.1, 0.15) is 23.7 Å². The van der Waals surface area contributed by atoms with E-state index in [9.17, 15) is 46.7 Å². The van der Waals surface area contributed by atoms with Gasteiger partial charge in [-0.05, 0) is 92.8 Å². The Morgan fingerprint density at radius 3 is 2.39 bits per heavy atom. The molecule has 19 nitrogen and oxygen atoms in total. The lowest BCUT2D eigenvalue weighted by molar-refractivity contribution is -0.274. The number of piperidine rings is 2. The molecule has 23 heteroatoms. The molecule has 1 unspecified atom stereocenters. The third-order valence-corrected chi connectivity index (χ3v) is 14.5. The highest BCUT2D eigenvalue weighted by molar-refractivity contribution is 6.08. The highest BCUT2D eigenvalue weighted by Crippen LogP contribution is 2.42. The van der Waals surface area contributed by atoms with Gasteiger partial charge in [0.05, 0.1) is 35.5 Å². The molecule has 394 valence electrons. The predicted octanol–water partition coefficient (Wildman–Crippen LogP) is 6.57. The molecule has 0 radical (unpaired) electrons. The minimum atomic E-state index is -5.00. The Morgan fingerprint density at radius 2 is 1.67 bits per heavy atom. The number of amides is 6. The maximum Gasteiger partial charge on any atom is 0.573 e. The molecule has 2 aromatic heterocycles. The van der Waals surface area contributed by atoms with Gasteiger partial charge in [-0.1, -0.05) is 0 Å². The monoisotopic (exact) mass is 1050 g/mol. The van der Waals surface area contributed by atoms with Gasteiger partial charge in [-0.25, -0.2) is 14.4 Å². The number of nitrogens with one attached hydrogen (secondary N) is 2. The van der Waals surface area contributed by atoms with Crippen LogP contribution in [0.3, 0.4) is 0 Å². The molecule has 0 saturated carbocycles. The third kappa shape index (κ3) is 9.90. The molecule has 76 heavy (non-hydrogen) atoms. The van der Waals surface area contributed by atoms with Crippen molar-refractivity contribution in [2.24, 2.45) is 12.5 Å². The van der Waals surface area contributed by atoms with E-state index in [-0.39, 0.29) is 107 Å². The van der Waals surface area contributed by atoms with Crippen LogP contribution in [0.4, 0.5) is 23.2 Å². The highest BCUT2D eigenvalue weighted by Gasteiger charge is 2.47. The second-order valence-electron chi connectivity index (χ2n) is 19.2. The molecule has 2 N–H and O–H groups in total. The first kappa shape index (κ1) is 50.9. The lowest BCUT2D eigenvalue weighted by Crippen LogP contribution is -2.62. The van der Waals surface area contributed by atoms with Crippen molar-refractivity contribution in [3.05, 3.63) is 117 Å². The van der Waals surface area contributed by atoms with Gasteiger partial charge in [0, 0.05) is 92.7 Å². The van der Waals surface area contributed by atoms with E-state index in [1.807, 2.05) is 4.90 Å². The van der Waals surface area contributed by atoms with Crippen LogP contribution < -0.4 is 35.0 Å². The van der Waals surface area contributed by atoms with Crippen molar-refractivity contribution < 1.29 is 65.3 Å². The number of ether oxygens (including phenoxy) is 4. The summed E-state index contributed by atoms with van der Waals surface area (Å²) in [6.45, 7) is 4.06. The number of hydrogen-bond donors (Lipinski definition) is 2. The molecule has 3 saturated heterocycles. The second kappa shape index (κ2) is 19.9. The second-order valence-corrected chi connectivity index (χ2v) is 19.2. The van der Waals surface area contributed by atoms with Crippen LogP contribution in [0.5, 0.6) is 28.9 Å². The third-order valence-electron chi connectivity index (χ3n) is 14.5.